The number of nitro benzene ring substituents is 1. The molecule has 0 radical (unpaired) electrons. The molecule has 0 fully saturated rings. The summed E-state index contributed by atoms with van der Waals surface area (Å²) in [6, 6.07) is 7.60. The Hall–Kier alpha value is -1.29. The predicted molar refractivity (Wildman–Crippen MR) is 83.8 cm³/mol. The van der Waals surface area contributed by atoms with Crippen LogP contribution in [0.5, 0.6) is 0 Å². The second kappa shape index (κ2) is 6.22. The van der Waals surface area contributed by atoms with Gasteiger partial charge in [-0.05, 0) is 32.9 Å². The summed E-state index contributed by atoms with van der Waals surface area (Å²) in [6.07, 6.45) is 0. The lowest BCUT2D eigenvalue weighted by Crippen LogP contribution is -2.26. The summed E-state index contributed by atoms with van der Waals surface area (Å²) in [6.45, 7) is 0.0638. The Bertz CT molecular complexity index is 773. The van der Waals surface area contributed by atoms with Crippen LogP contribution in [0.1, 0.15) is 5.56 Å². The highest BCUT2D eigenvalue weighted by Crippen LogP contribution is 2.30. The Morgan fingerprint density at radius 1 is 1.38 bits per heavy atom. The van der Waals surface area contributed by atoms with Gasteiger partial charge in [-0.1, -0.05) is 12.1 Å². The van der Waals surface area contributed by atoms with Crippen molar-refractivity contribution >= 4 is 43.0 Å². The van der Waals surface area contributed by atoms with Crippen LogP contribution in [0.3, 0.4) is 0 Å². The average Bonchev–Trinajstić information content (AvgIpc) is 2.86. The van der Waals surface area contributed by atoms with Crippen molar-refractivity contribution in [2.45, 2.75) is 10.8 Å². The van der Waals surface area contributed by atoms with Crippen molar-refractivity contribution in [3.8, 4) is 0 Å². The fourth-order valence-electron chi connectivity index (χ4n) is 1.72. The summed E-state index contributed by atoms with van der Waals surface area (Å²) >= 11 is 4.32. The molecular weight excluding hydrogens is 380 g/mol. The van der Waals surface area contributed by atoms with Crippen LogP contribution in [0.2, 0.25) is 0 Å². The number of non-ortho nitro benzene ring substituents is 1. The van der Waals surface area contributed by atoms with Gasteiger partial charge in [0.25, 0.3) is 15.7 Å². The number of nitrogens with zero attached hydrogens (tertiary/aromatic N) is 2. The van der Waals surface area contributed by atoms with E-state index in [0.717, 1.165) is 11.3 Å². The van der Waals surface area contributed by atoms with Gasteiger partial charge in [0.1, 0.15) is 4.21 Å². The molecule has 0 atom stereocenters. The quantitative estimate of drug-likeness (QED) is 0.579. The summed E-state index contributed by atoms with van der Waals surface area (Å²) in [4.78, 5) is 10.2. The molecule has 0 amide bonds. The Kier molecular flexibility index (Phi) is 4.77. The van der Waals surface area contributed by atoms with E-state index in [1.165, 1.54) is 29.6 Å². The third-order valence-corrected chi connectivity index (χ3v) is 7.21. The van der Waals surface area contributed by atoms with Gasteiger partial charge in [-0.3, -0.25) is 10.1 Å². The molecule has 0 aliphatic carbocycles. The number of halogens is 1. The molecule has 0 spiro atoms. The largest absolute Gasteiger partial charge is 0.269 e. The molecule has 1 aromatic carbocycles. The molecule has 1 aromatic heterocycles. The van der Waals surface area contributed by atoms with E-state index in [9.17, 15) is 18.5 Å². The first-order chi connectivity index (χ1) is 9.82. The van der Waals surface area contributed by atoms with E-state index in [0.29, 0.717) is 10.0 Å². The van der Waals surface area contributed by atoms with Crippen LogP contribution >= 0.6 is 27.3 Å². The highest BCUT2D eigenvalue weighted by molar-refractivity contribution is 9.10. The molecule has 21 heavy (non-hydrogen) atoms. The lowest BCUT2D eigenvalue weighted by molar-refractivity contribution is -0.384. The fourth-order valence-corrected chi connectivity index (χ4v) is 5.38. The fraction of sp³-hybridized carbons (Fsp3) is 0.167. The molecule has 6 nitrogen and oxygen atoms in total. The van der Waals surface area contributed by atoms with E-state index in [1.807, 2.05) is 0 Å². The van der Waals surface area contributed by atoms with E-state index in [2.05, 4.69) is 15.9 Å². The van der Waals surface area contributed by atoms with Crippen LogP contribution < -0.4 is 0 Å². The molecule has 112 valence electrons. The van der Waals surface area contributed by atoms with E-state index < -0.39 is 14.9 Å². The molecule has 0 aliphatic rings. The van der Waals surface area contributed by atoms with Crippen LogP contribution in [-0.4, -0.2) is 24.7 Å². The Labute approximate surface area is 134 Å². The summed E-state index contributed by atoms with van der Waals surface area (Å²) in [5.41, 5.74) is 0.499. The normalized spacial score (nSPS) is 11.8. The van der Waals surface area contributed by atoms with Crippen LogP contribution in [-0.2, 0) is 16.6 Å². The molecule has 2 aromatic rings. The first-order valence-electron chi connectivity index (χ1n) is 5.75. The minimum atomic E-state index is -3.62. The molecule has 0 saturated heterocycles. The minimum Gasteiger partial charge on any atom is -0.258 e. The predicted octanol–water partition coefficient (Wildman–Crippen LogP) is 3.24. The lowest BCUT2D eigenvalue weighted by Gasteiger charge is -2.16. The van der Waals surface area contributed by atoms with Crippen molar-refractivity contribution in [3.05, 3.63) is 55.9 Å². The zero-order valence-electron chi connectivity index (χ0n) is 10.9. The maximum atomic E-state index is 12.4. The van der Waals surface area contributed by atoms with E-state index in [1.54, 1.807) is 17.5 Å². The monoisotopic (exact) mass is 390 g/mol. The average molecular weight is 391 g/mol. The zero-order valence-corrected chi connectivity index (χ0v) is 14.1. The SMILES string of the molecule is CN(Cc1cccc([N+](=O)[O-])c1)S(=O)(=O)c1sccc1Br. The third-order valence-electron chi connectivity index (χ3n) is 2.76. The van der Waals surface area contributed by atoms with Gasteiger partial charge < -0.3 is 0 Å². The van der Waals surface area contributed by atoms with Crippen molar-refractivity contribution in [1.29, 1.82) is 0 Å². The molecular formula is C12H11BrN2O4S2. The summed E-state index contributed by atoms with van der Waals surface area (Å²) in [7, 11) is -2.18. The molecule has 0 saturated carbocycles. The van der Waals surface area contributed by atoms with Crippen LogP contribution in [0, 0.1) is 10.1 Å². The number of sulfonamides is 1. The van der Waals surface area contributed by atoms with Gasteiger partial charge in [-0.2, -0.15) is 4.31 Å². The van der Waals surface area contributed by atoms with Gasteiger partial charge in [-0.15, -0.1) is 11.3 Å². The number of hydrogen-bond acceptors (Lipinski definition) is 5. The van der Waals surface area contributed by atoms with Gasteiger partial charge >= 0.3 is 0 Å². The topological polar surface area (TPSA) is 80.5 Å². The van der Waals surface area contributed by atoms with Crippen LogP contribution in [0.25, 0.3) is 0 Å². The standard InChI is InChI=1S/C12H11BrN2O4S2/c1-14(21(18,19)12-11(13)5-6-20-12)8-9-3-2-4-10(7-9)15(16)17/h2-7H,8H2,1H3. The van der Waals surface area contributed by atoms with Crippen molar-refractivity contribution in [1.82, 2.24) is 4.31 Å². The van der Waals surface area contributed by atoms with Crippen molar-refractivity contribution in [2.24, 2.45) is 0 Å². The second-order valence-electron chi connectivity index (χ2n) is 4.24. The minimum absolute atomic E-state index is 0.0596. The van der Waals surface area contributed by atoms with Crippen LogP contribution in [0.15, 0.2) is 44.4 Å². The molecule has 0 bridgehead atoms. The lowest BCUT2D eigenvalue weighted by atomic mass is 10.2. The van der Waals surface area contributed by atoms with Crippen molar-refractivity contribution in [3.63, 3.8) is 0 Å². The Balaban J connectivity index is 2.26. The highest BCUT2D eigenvalue weighted by Gasteiger charge is 2.25. The van der Waals surface area contributed by atoms with Gasteiger partial charge in [-0.25, -0.2) is 8.42 Å². The number of rotatable bonds is 5. The maximum absolute atomic E-state index is 12.4. The molecule has 9 heteroatoms. The smallest absolute Gasteiger partial charge is 0.258 e. The number of benzene rings is 1. The number of nitro groups is 1. The summed E-state index contributed by atoms with van der Waals surface area (Å²) in [5, 5.41) is 12.4. The molecule has 0 unspecified atom stereocenters. The van der Waals surface area contributed by atoms with Gasteiger partial charge in [0.05, 0.1) is 4.92 Å². The molecule has 1 heterocycles. The summed E-state index contributed by atoms with van der Waals surface area (Å²) < 4.78 is 26.7. The number of thiophene rings is 1. The van der Waals surface area contributed by atoms with Gasteiger partial charge in [0.15, 0.2) is 0 Å². The van der Waals surface area contributed by atoms with Crippen molar-refractivity contribution < 1.29 is 13.3 Å². The zero-order chi connectivity index (χ0) is 15.6. The summed E-state index contributed by atoms with van der Waals surface area (Å²) in [5.74, 6) is 0. The first-order valence-corrected chi connectivity index (χ1v) is 8.86. The van der Waals surface area contributed by atoms with Crippen LogP contribution in [0.4, 0.5) is 5.69 Å². The Morgan fingerprint density at radius 3 is 2.67 bits per heavy atom. The van der Waals surface area contributed by atoms with E-state index >= 15 is 0 Å². The maximum Gasteiger partial charge on any atom is 0.269 e. The molecule has 0 aliphatic heterocycles. The highest BCUT2D eigenvalue weighted by atomic mass is 79.9. The number of hydrogen-bond donors (Lipinski definition) is 0. The van der Waals surface area contributed by atoms with E-state index in [-0.39, 0.29) is 16.4 Å². The second-order valence-corrected chi connectivity index (χ2v) is 8.25. The Morgan fingerprint density at radius 2 is 2.10 bits per heavy atom. The molecule has 2 rings (SSSR count). The van der Waals surface area contributed by atoms with Crippen molar-refractivity contribution in [2.75, 3.05) is 7.05 Å². The van der Waals surface area contributed by atoms with Gasteiger partial charge in [0, 0.05) is 30.2 Å². The van der Waals surface area contributed by atoms with E-state index in [4.69, 9.17) is 0 Å². The van der Waals surface area contributed by atoms with Gasteiger partial charge in [0.2, 0.25) is 0 Å². The first kappa shape index (κ1) is 16.1. The molecule has 0 N–H and O–H groups in total. The third kappa shape index (κ3) is 3.49.